The van der Waals surface area contributed by atoms with E-state index in [9.17, 15) is 9.59 Å². The summed E-state index contributed by atoms with van der Waals surface area (Å²) in [6, 6.07) is 0.229. The number of aliphatic carboxylic acids is 1. The maximum absolute atomic E-state index is 12.0. The zero-order valence-corrected chi connectivity index (χ0v) is 12.0. The fourth-order valence-electron chi connectivity index (χ4n) is 2.47. The zero-order chi connectivity index (χ0) is 14.3. The molecule has 0 spiro atoms. The van der Waals surface area contributed by atoms with Crippen LogP contribution in [0.1, 0.15) is 52.4 Å². The van der Waals surface area contributed by atoms with E-state index in [0.717, 1.165) is 32.1 Å². The molecule has 2 N–H and O–H groups in total. The lowest BCUT2D eigenvalue weighted by molar-refractivity contribution is -0.139. The number of carboxylic acid groups (broad SMARTS) is 1. The molecule has 0 aliphatic carbocycles. The van der Waals surface area contributed by atoms with Gasteiger partial charge in [-0.05, 0) is 12.8 Å². The van der Waals surface area contributed by atoms with Gasteiger partial charge in [-0.3, -0.25) is 4.79 Å². The minimum absolute atomic E-state index is 0.0313. The van der Waals surface area contributed by atoms with Gasteiger partial charge in [-0.15, -0.1) is 0 Å². The Hall–Kier alpha value is -1.26. The Morgan fingerprint density at radius 1 is 1.26 bits per heavy atom. The van der Waals surface area contributed by atoms with Gasteiger partial charge >= 0.3 is 12.0 Å². The number of nitrogens with one attached hydrogen (secondary N) is 1. The zero-order valence-electron chi connectivity index (χ0n) is 12.0. The molecule has 1 heterocycles. The third-order valence-electron chi connectivity index (χ3n) is 3.58. The first kappa shape index (κ1) is 15.8. The number of carbonyl (C=O) groups is 2. The number of nitrogens with zero attached hydrogens (tertiary/aromatic N) is 1. The number of unbranched alkanes of at least 4 members (excludes halogenated alkanes) is 1. The Morgan fingerprint density at radius 2 is 1.95 bits per heavy atom. The molecule has 0 aromatic rings. The lowest BCUT2D eigenvalue weighted by atomic mass is 9.97. The average molecular weight is 270 g/mol. The summed E-state index contributed by atoms with van der Waals surface area (Å²) in [5.41, 5.74) is 0. The molecule has 19 heavy (non-hydrogen) atoms. The number of rotatable bonds is 8. The van der Waals surface area contributed by atoms with Crippen LogP contribution >= 0.6 is 0 Å². The lowest BCUT2D eigenvalue weighted by Gasteiger charge is -2.39. The maximum atomic E-state index is 12.0. The predicted octanol–water partition coefficient (Wildman–Crippen LogP) is 2.46. The van der Waals surface area contributed by atoms with E-state index < -0.39 is 5.97 Å². The molecular weight excluding hydrogens is 244 g/mol. The van der Waals surface area contributed by atoms with Crippen molar-refractivity contribution in [2.45, 2.75) is 58.4 Å². The summed E-state index contributed by atoms with van der Waals surface area (Å²) in [6.07, 6.45) is 5.54. The van der Waals surface area contributed by atoms with Crippen LogP contribution in [0, 0.1) is 5.92 Å². The van der Waals surface area contributed by atoms with Crippen LogP contribution in [0.5, 0.6) is 0 Å². The molecule has 5 heteroatoms. The first-order chi connectivity index (χ1) is 9.06. The van der Waals surface area contributed by atoms with Gasteiger partial charge in [0.25, 0.3) is 0 Å². The van der Waals surface area contributed by atoms with Crippen molar-refractivity contribution < 1.29 is 14.7 Å². The number of hydrogen-bond donors (Lipinski definition) is 2. The van der Waals surface area contributed by atoms with E-state index in [1.165, 1.54) is 0 Å². The van der Waals surface area contributed by atoms with Crippen LogP contribution in [0.2, 0.25) is 0 Å². The van der Waals surface area contributed by atoms with E-state index in [0.29, 0.717) is 13.1 Å². The third-order valence-corrected chi connectivity index (χ3v) is 3.58. The van der Waals surface area contributed by atoms with E-state index in [-0.39, 0.29) is 24.4 Å². The normalized spacial score (nSPS) is 16.8. The van der Waals surface area contributed by atoms with Gasteiger partial charge in [-0.2, -0.15) is 0 Å². The number of amides is 2. The molecule has 1 aliphatic rings. The van der Waals surface area contributed by atoms with Crippen molar-refractivity contribution in [3.05, 3.63) is 0 Å². The van der Waals surface area contributed by atoms with E-state index >= 15 is 0 Å². The highest BCUT2D eigenvalue weighted by atomic mass is 16.4. The van der Waals surface area contributed by atoms with Crippen LogP contribution in [0.25, 0.3) is 0 Å². The summed E-state index contributed by atoms with van der Waals surface area (Å²) in [5, 5.41) is 11.7. The monoisotopic (exact) mass is 270 g/mol. The molecule has 0 bridgehead atoms. The van der Waals surface area contributed by atoms with Gasteiger partial charge < -0.3 is 15.3 Å². The molecule has 2 amide bonds. The van der Waals surface area contributed by atoms with Crippen molar-refractivity contribution in [1.82, 2.24) is 10.2 Å². The number of carboxylic acids is 1. The minimum atomic E-state index is -0.781. The standard InChI is InChI=1S/C14H26N2O3/c1-3-5-7-12(6-4-2)15-14(19)16-9-11(10-16)8-13(17)18/h11-12H,3-10H2,1-2H3,(H,15,19)(H,17,18). The summed E-state index contributed by atoms with van der Waals surface area (Å²) in [5.74, 6) is -0.652. The smallest absolute Gasteiger partial charge is 0.317 e. The number of likely N-dealkylation sites (tertiary alicyclic amines) is 1. The van der Waals surface area contributed by atoms with Gasteiger partial charge in [0, 0.05) is 25.0 Å². The predicted molar refractivity (Wildman–Crippen MR) is 74.1 cm³/mol. The second-order valence-corrected chi connectivity index (χ2v) is 5.45. The second kappa shape index (κ2) is 8.02. The van der Waals surface area contributed by atoms with Crippen LogP contribution in [-0.2, 0) is 4.79 Å². The fourth-order valence-corrected chi connectivity index (χ4v) is 2.47. The molecule has 1 aliphatic heterocycles. The molecule has 1 saturated heterocycles. The van der Waals surface area contributed by atoms with E-state index in [2.05, 4.69) is 19.2 Å². The first-order valence-electron chi connectivity index (χ1n) is 7.34. The second-order valence-electron chi connectivity index (χ2n) is 5.45. The molecule has 1 unspecified atom stereocenters. The van der Waals surface area contributed by atoms with E-state index in [1.807, 2.05) is 0 Å². The number of carbonyl (C=O) groups excluding carboxylic acids is 1. The van der Waals surface area contributed by atoms with E-state index in [4.69, 9.17) is 5.11 Å². The van der Waals surface area contributed by atoms with Gasteiger partial charge in [0.2, 0.25) is 0 Å². The van der Waals surface area contributed by atoms with Crippen molar-refractivity contribution in [1.29, 1.82) is 0 Å². The molecule has 5 nitrogen and oxygen atoms in total. The van der Waals surface area contributed by atoms with Crippen molar-refractivity contribution in [2.24, 2.45) is 5.92 Å². The summed E-state index contributed by atoms with van der Waals surface area (Å²) in [6.45, 7) is 5.42. The van der Waals surface area contributed by atoms with Gasteiger partial charge in [0.1, 0.15) is 0 Å². The highest BCUT2D eigenvalue weighted by molar-refractivity contribution is 5.76. The molecular formula is C14H26N2O3. The largest absolute Gasteiger partial charge is 0.481 e. The first-order valence-corrected chi connectivity index (χ1v) is 7.34. The molecule has 0 aromatic heterocycles. The quantitative estimate of drug-likeness (QED) is 0.712. The van der Waals surface area contributed by atoms with E-state index in [1.54, 1.807) is 4.90 Å². The van der Waals surface area contributed by atoms with Crippen molar-refractivity contribution in [3.8, 4) is 0 Å². The summed E-state index contributed by atoms with van der Waals surface area (Å²) >= 11 is 0. The van der Waals surface area contributed by atoms with Crippen LogP contribution < -0.4 is 5.32 Å². The van der Waals surface area contributed by atoms with Crippen molar-refractivity contribution in [2.75, 3.05) is 13.1 Å². The molecule has 110 valence electrons. The fraction of sp³-hybridized carbons (Fsp3) is 0.857. The van der Waals surface area contributed by atoms with Gasteiger partial charge in [-0.1, -0.05) is 33.1 Å². The number of urea groups is 1. The molecule has 1 atom stereocenters. The molecule has 1 fully saturated rings. The van der Waals surface area contributed by atoms with Gasteiger partial charge in [0.15, 0.2) is 0 Å². The third kappa shape index (κ3) is 5.49. The topological polar surface area (TPSA) is 69.6 Å². The molecule has 0 aromatic carbocycles. The Morgan fingerprint density at radius 3 is 2.47 bits per heavy atom. The maximum Gasteiger partial charge on any atom is 0.317 e. The van der Waals surface area contributed by atoms with Crippen LogP contribution in [0.15, 0.2) is 0 Å². The van der Waals surface area contributed by atoms with Gasteiger partial charge in [-0.25, -0.2) is 4.79 Å². The Labute approximate surface area is 115 Å². The molecule has 1 rings (SSSR count). The SMILES string of the molecule is CCCCC(CCC)NC(=O)N1CC(CC(=O)O)C1. The number of hydrogen-bond acceptors (Lipinski definition) is 2. The highest BCUT2D eigenvalue weighted by Crippen LogP contribution is 2.19. The Kier molecular flexibility index (Phi) is 6.67. The van der Waals surface area contributed by atoms with Crippen LogP contribution in [0.3, 0.4) is 0 Å². The Bertz CT molecular complexity index is 301. The average Bonchev–Trinajstić information content (AvgIpc) is 2.30. The lowest BCUT2D eigenvalue weighted by Crippen LogP contribution is -2.55. The summed E-state index contributed by atoms with van der Waals surface area (Å²) < 4.78 is 0. The van der Waals surface area contributed by atoms with Crippen LogP contribution in [-0.4, -0.2) is 41.1 Å². The van der Waals surface area contributed by atoms with Crippen LogP contribution in [0.4, 0.5) is 4.79 Å². The summed E-state index contributed by atoms with van der Waals surface area (Å²) in [7, 11) is 0. The Balaban J connectivity index is 2.27. The molecule has 0 saturated carbocycles. The highest BCUT2D eigenvalue weighted by Gasteiger charge is 2.32. The summed E-state index contributed by atoms with van der Waals surface area (Å²) in [4.78, 5) is 24.2. The van der Waals surface area contributed by atoms with Crippen molar-refractivity contribution >= 4 is 12.0 Å². The molecule has 0 radical (unpaired) electrons. The minimum Gasteiger partial charge on any atom is -0.481 e. The van der Waals surface area contributed by atoms with Crippen molar-refractivity contribution in [3.63, 3.8) is 0 Å². The van der Waals surface area contributed by atoms with Gasteiger partial charge in [0.05, 0.1) is 6.42 Å².